The van der Waals surface area contributed by atoms with E-state index in [2.05, 4.69) is 10.2 Å². The summed E-state index contributed by atoms with van der Waals surface area (Å²) in [5.74, 6) is 0.257. The average molecular weight is 239 g/mol. The van der Waals surface area contributed by atoms with Gasteiger partial charge in [-0.3, -0.25) is 4.79 Å². The van der Waals surface area contributed by atoms with E-state index in [0.29, 0.717) is 0 Å². The molecule has 2 saturated heterocycles. The van der Waals surface area contributed by atoms with Crippen molar-refractivity contribution < 1.29 is 4.79 Å². The van der Waals surface area contributed by atoms with Crippen LogP contribution in [0, 0.1) is 0 Å². The van der Waals surface area contributed by atoms with Crippen LogP contribution in [0.2, 0.25) is 0 Å². The fourth-order valence-corrected chi connectivity index (χ4v) is 2.96. The van der Waals surface area contributed by atoms with Gasteiger partial charge in [0.1, 0.15) is 0 Å². The Morgan fingerprint density at radius 2 is 1.76 bits per heavy atom. The lowest BCUT2D eigenvalue weighted by Crippen LogP contribution is -2.50. The molecule has 0 aromatic rings. The number of carbonyl (C=O) groups excluding carboxylic acids is 1. The van der Waals surface area contributed by atoms with Gasteiger partial charge in [0.2, 0.25) is 5.91 Å². The van der Waals surface area contributed by atoms with E-state index in [-0.39, 0.29) is 11.9 Å². The van der Waals surface area contributed by atoms with Crippen molar-refractivity contribution in [3.05, 3.63) is 0 Å². The van der Waals surface area contributed by atoms with E-state index in [1.807, 2.05) is 18.9 Å². The van der Waals surface area contributed by atoms with Gasteiger partial charge in [-0.25, -0.2) is 0 Å². The predicted octanol–water partition coefficient (Wildman–Crippen LogP) is 0.681. The third kappa shape index (κ3) is 2.99. The molecule has 2 rings (SSSR count). The first-order chi connectivity index (χ1) is 8.22. The van der Waals surface area contributed by atoms with E-state index in [0.717, 1.165) is 32.0 Å². The Kier molecular flexibility index (Phi) is 4.40. The molecule has 98 valence electrons. The molecule has 0 aromatic carbocycles. The number of nitrogens with one attached hydrogen (secondary N) is 1. The Bertz CT molecular complexity index is 255. The van der Waals surface area contributed by atoms with Crippen LogP contribution in [0.1, 0.15) is 32.6 Å². The van der Waals surface area contributed by atoms with E-state index in [9.17, 15) is 4.79 Å². The SMILES string of the molecule is CNC(C)C(=O)N1CCC(N2CCCC2)CC1. The van der Waals surface area contributed by atoms with Crippen LogP contribution in [0.3, 0.4) is 0 Å². The summed E-state index contributed by atoms with van der Waals surface area (Å²) >= 11 is 0. The number of hydrogen-bond donors (Lipinski definition) is 1. The van der Waals surface area contributed by atoms with Crippen molar-refractivity contribution >= 4 is 5.91 Å². The van der Waals surface area contributed by atoms with Crippen LogP contribution in [-0.2, 0) is 4.79 Å². The molecule has 0 aromatic heterocycles. The molecule has 2 aliphatic heterocycles. The van der Waals surface area contributed by atoms with Crippen LogP contribution < -0.4 is 5.32 Å². The van der Waals surface area contributed by atoms with Gasteiger partial charge in [0.25, 0.3) is 0 Å². The maximum absolute atomic E-state index is 12.0. The molecule has 0 spiro atoms. The molecule has 1 amide bonds. The van der Waals surface area contributed by atoms with Crippen molar-refractivity contribution in [3.63, 3.8) is 0 Å². The van der Waals surface area contributed by atoms with E-state index in [1.165, 1.54) is 25.9 Å². The highest BCUT2D eigenvalue weighted by atomic mass is 16.2. The molecule has 4 heteroatoms. The van der Waals surface area contributed by atoms with Gasteiger partial charge in [-0.05, 0) is 52.7 Å². The first kappa shape index (κ1) is 12.8. The van der Waals surface area contributed by atoms with Gasteiger partial charge in [0, 0.05) is 19.1 Å². The normalized spacial score (nSPS) is 25.2. The zero-order valence-corrected chi connectivity index (χ0v) is 11.1. The minimum Gasteiger partial charge on any atom is -0.341 e. The highest BCUT2D eigenvalue weighted by Crippen LogP contribution is 2.21. The van der Waals surface area contributed by atoms with Gasteiger partial charge in [0.05, 0.1) is 6.04 Å². The summed E-state index contributed by atoms with van der Waals surface area (Å²) in [6.45, 7) is 6.35. The molecule has 0 aliphatic carbocycles. The molecule has 0 saturated carbocycles. The lowest BCUT2D eigenvalue weighted by molar-refractivity contribution is -0.134. The molecule has 1 atom stereocenters. The lowest BCUT2D eigenvalue weighted by atomic mass is 10.0. The molecule has 1 unspecified atom stereocenters. The Hall–Kier alpha value is -0.610. The first-order valence-corrected chi connectivity index (χ1v) is 6.92. The zero-order chi connectivity index (χ0) is 12.3. The summed E-state index contributed by atoms with van der Waals surface area (Å²) in [6.07, 6.45) is 5.02. The molecule has 4 nitrogen and oxygen atoms in total. The van der Waals surface area contributed by atoms with Gasteiger partial charge in [-0.15, -0.1) is 0 Å². The standard InChI is InChI=1S/C13H25N3O/c1-11(14-2)13(17)16-9-5-12(6-10-16)15-7-3-4-8-15/h11-12,14H,3-10H2,1-2H3. The van der Waals surface area contributed by atoms with E-state index in [1.54, 1.807) is 0 Å². The van der Waals surface area contributed by atoms with Crippen molar-refractivity contribution in [2.45, 2.75) is 44.7 Å². The second-order valence-electron chi connectivity index (χ2n) is 5.31. The van der Waals surface area contributed by atoms with Crippen LogP contribution in [0.5, 0.6) is 0 Å². The summed E-state index contributed by atoms with van der Waals surface area (Å²) in [5, 5.41) is 3.03. The van der Waals surface area contributed by atoms with Gasteiger partial charge in [-0.2, -0.15) is 0 Å². The summed E-state index contributed by atoms with van der Waals surface area (Å²) in [4.78, 5) is 16.6. The van der Waals surface area contributed by atoms with Crippen molar-refractivity contribution in [1.29, 1.82) is 0 Å². The fraction of sp³-hybridized carbons (Fsp3) is 0.923. The number of carbonyl (C=O) groups is 1. The average Bonchev–Trinajstić information content (AvgIpc) is 2.91. The van der Waals surface area contributed by atoms with Crippen molar-refractivity contribution in [1.82, 2.24) is 15.1 Å². The third-order valence-electron chi connectivity index (χ3n) is 4.24. The van der Waals surface area contributed by atoms with E-state index in [4.69, 9.17) is 0 Å². The molecular formula is C13H25N3O. The lowest BCUT2D eigenvalue weighted by Gasteiger charge is -2.37. The summed E-state index contributed by atoms with van der Waals surface area (Å²) in [5.41, 5.74) is 0. The molecule has 0 bridgehead atoms. The minimum absolute atomic E-state index is 0.0432. The largest absolute Gasteiger partial charge is 0.341 e. The third-order valence-corrected chi connectivity index (χ3v) is 4.24. The smallest absolute Gasteiger partial charge is 0.239 e. The topological polar surface area (TPSA) is 35.6 Å². The maximum atomic E-state index is 12.0. The molecule has 1 N–H and O–H groups in total. The number of hydrogen-bond acceptors (Lipinski definition) is 3. The van der Waals surface area contributed by atoms with Gasteiger partial charge in [-0.1, -0.05) is 0 Å². The van der Waals surface area contributed by atoms with Crippen LogP contribution in [-0.4, -0.2) is 61.0 Å². The molecular weight excluding hydrogens is 214 g/mol. The minimum atomic E-state index is -0.0432. The summed E-state index contributed by atoms with van der Waals surface area (Å²) < 4.78 is 0. The molecule has 2 heterocycles. The Balaban J connectivity index is 1.79. The number of rotatable bonds is 3. The first-order valence-electron chi connectivity index (χ1n) is 6.92. The fourth-order valence-electron chi connectivity index (χ4n) is 2.96. The monoisotopic (exact) mass is 239 g/mol. The summed E-state index contributed by atoms with van der Waals surface area (Å²) in [6, 6.07) is 0.685. The maximum Gasteiger partial charge on any atom is 0.239 e. The van der Waals surface area contributed by atoms with Crippen LogP contribution in [0.25, 0.3) is 0 Å². The Morgan fingerprint density at radius 1 is 1.18 bits per heavy atom. The van der Waals surface area contributed by atoms with Crippen molar-refractivity contribution in [3.8, 4) is 0 Å². The Morgan fingerprint density at radius 3 is 2.29 bits per heavy atom. The number of likely N-dealkylation sites (N-methyl/N-ethyl adjacent to an activating group) is 1. The highest BCUT2D eigenvalue weighted by Gasteiger charge is 2.29. The van der Waals surface area contributed by atoms with Crippen LogP contribution in [0.15, 0.2) is 0 Å². The predicted molar refractivity (Wildman–Crippen MR) is 68.9 cm³/mol. The molecule has 2 fully saturated rings. The van der Waals surface area contributed by atoms with Crippen molar-refractivity contribution in [2.75, 3.05) is 33.2 Å². The van der Waals surface area contributed by atoms with E-state index < -0.39 is 0 Å². The molecule has 17 heavy (non-hydrogen) atoms. The van der Waals surface area contributed by atoms with Crippen molar-refractivity contribution in [2.24, 2.45) is 0 Å². The van der Waals surface area contributed by atoms with Gasteiger partial charge in [0.15, 0.2) is 0 Å². The van der Waals surface area contributed by atoms with Gasteiger partial charge >= 0.3 is 0 Å². The molecule has 0 radical (unpaired) electrons. The summed E-state index contributed by atoms with van der Waals surface area (Å²) in [7, 11) is 1.85. The van der Waals surface area contributed by atoms with Crippen LogP contribution in [0.4, 0.5) is 0 Å². The number of piperidine rings is 1. The van der Waals surface area contributed by atoms with Gasteiger partial charge < -0.3 is 15.1 Å². The quantitative estimate of drug-likeness (QED) is 0.787. The highest BCUT2D eigenvalue weighted by molar-refractivity contribution is 5.81. The second kappa shape index (κ2) is 5.83. The number of likely N-dealkylation sites (tertiary alicyclic amines) is 2. The van der Waals surface area contributed by atoms with Crippen LogP contribution >= 0.6 is 0 Å². The number of amides is 1. The number of nitrogens with zero attached hydrogens (tertiary/aromatic N) is 2. The van der Waals surface area contributed by atoms with E-state index >= 15 is 0 Å². The Labute approximate surface area is 104 Å². The second-order valence-corrected chi connectivity index (χ2v) is 5.31. The molecule has 2 aliphatic rings. The zero-order valence-electron chi connectivity index (χ0n) is 11.1.